The molecule has 2 aromatic rings. The van der Waals surface area contributed by atoms with Gasteiger partial charge in [-0.15, -0.1) is 0 Å². The summed E-state index contributed by atoms with van der Waals surface area (Å²) in [5.41, 5.74) is 1.62. The molecule has 0 heterocycles. The molecule has 0 saturated heterocycles. The lowest BCUT2D eigenvalue weighted by Gasteiger charge is -2.12. The first kappa shape index (κ1) is 18.2. The zero-order valence-corrected chi connectivity index (χ0v) is 15.2. The minimum atomic E-state index is 0.391. The van der Waals surface area contributed by atoms with Gasteiger partial charge in [0, 0.05) is 11.0 Å². The van der Waals surface area contributed by atoms with Crippen LogP contribution in [0.5, 0.6) is 11.5 Å². The summed E-state index contributed by atoms with van der Waals surface area (Å²) in [6.07, 6.45) is 1.80. The average Bonchev–Trinajstić information content (AvgIpc) is 2.60. The zero-order valence-electron chi connectivity index (χ0n) is 14.4. The summed E-state index contributed by atoms with van der Waals surface area (Å²) in [4.78, 5) is 5.41. The van der Waals surface area contributed by atoms with Crippen molar-refractivity contribution in [2.24, 2.45) is 0 Å². The Morgan fingerprint density at radius 2 is 1.58 bits per heavy atom. The monoisotopic (exact) mass is 343 g/mol. The summed E-state index contributed by atoms with van der Waals surface area (Å²) in [7, 11) is 0. The molecule has 0 bridgehead atoms. The van der Waals surface area contributed by atoms with Crippen LogP contribution in [0.25, 0.3) is 4.98 Å². The molecule has 2 rings (SSSR count). The van der Waals surface area contributed by atoms with Gasteiger partial charge >= 0.3 is 5.69 Å². The van der Waals surface area contributed by atoms with Gasteiger partial charge < -0.3 is 9.47 Å². The number of diazo groups is 1. The second-order valence-electron chi connectivity index (χ2n) is 5.48. The Balaban J connectivity index is 2.36. The van der Waals surface area contributed by atoms with E-state index in [9.17, 15) is 5.39 Å². The van der Waals surface area contributed by atoms with Gasteiger partial charge in [-0.3, -0.25) is 0 Å². The van der Waals surface area contributed by atoms with E-state index in [1.54, 1.807) is 17.8 Å². The van der Waals surface area contributed by atoms with E-state index in [4.69, 9.17) is 9.47 Å². The van der Waals surface area contributed by atoms with Gasteiger partial charge in [-0.05, 0) is 31.9 Å². The van der Waals surface area contributed by atoms with Crippen molar-refractivity contribution in [2.45, 2.75) is 43.4 Å². The third-order valence-electron chi connectivity index (χ3n) is 3.31. The Bertz CT molecular complexity index is 709. The maximum atomic E-state index is 9.26. The highest BCUT2D eigenvalue weighted by Crippen LogP contribution is 2.42. The van der Waals surface area contributed by atoms with Gasteiger partial charge in [0.25, 0.3) is 0 Å². The molecule has 0 aliphatic carbocycles. The van der Waals surface area contributed by atoms with Crippen molar-refractivity contribution in [3.8, 4) is 11.5 Å². The maximum absolute atomic E-state index is 9.26. The van der Waals surface area contributed by atoms with Gasteiger partial charge in [0.15, 0.2) is 4.98 Å². The normalized spacial score (nSPS) is 10.2. The molecule has 0 atom stereocenters. The number of aryl methyl sites for hydroxylation is 1. The molecule has 0 fully saturated rings. The van der Waals surface area contributed by atoms with Crippen LogP contribution in [0.2, 0.25) is 0 Å². The van der Waals surface area contributed by atoms with Gasteiger partial charge in [-0.2, -0.15) is 0 Å². The van der Waals surface area contributed by atoms with Crippen molar-refractivity contribution in [1.82, 2.24) is 0 Å². The van der Waals surface area contributed by atoms with E-state index in [-0.39, 0.29) is 0 Å². The topological polar surface area (TPSA) is 46.6 Å². The number of nitrogens with zero attached hydrogens (tertiary/aromatic N) is 2. The van der Waals surface area contributed by atoms with E-state index < -0.39 is 0 Å². The Hall–Kier alpha value is -2.19. The third-order valence-corrected chi connectivity index (χ3v) is 4.35. The first-order chi connectivity index (χ1) is 11.7. The molecule has 0 unspecified atom stereocenters. The van der Waals surface area contributed by atoms with Crippen molar-refractivity contribution < 1.29 is 9.47 Å². The quantitative estimate of drug-likeness (QED) is 0.535. The van der Waals surface area contributed by atoms with E-state index in [0.29, 0.717) is 30.4 Å². The van der Waals surface area contributed by atoms with E-state index in [0.717, 1.165) is 22.6 Å². The molecular weight excluding hydrogens is 320 g/mol. The first-order valence-electron chi connectivity index (χ1n) is 8.21. The second-order valence-corrected chi connectivity index (χ2v) is 6.59. The summed E-state index contributed by atoms with van der Waals surface area (Å²) < 4.78 is 11.5. The third kappa shape index (κ3) is 4.90. The molecule has 0 amide bonds. The van der Waals surface area contributed by atoms with Gasteiger partial charge in [-0.1, -0.05) is 43.3 Å². The minimum Gasteiger partial charge on any atom is -0.492 e. The highest BCUT2D eigenvalue weighted by atomic mass is 32.2. The summed E-state index contributed by atoms with van der Waals surface area (Å²) in [5.74, 6) is 1.27. The number of hydrogen-bond acceptors (Lipinski definition) is 4. The van der Waals surface area contributed by atoms with Crippen LogP contribution in [-0.2, 0) is 0 Å². The molecule has 0 aliphatic rings. The molecule has 0 saturated carbocycles. The predicted octanol–water partition coefficient (Wildman–Crippen LogP) is 6.21. The standard InChI is InChI=1S/C19H23N2O2S/c1-4-10-22-17-13-19(24-15-8-6-14(3)7-9-15)18(23-11-5-2)12-16(17)21-20/h6-9,12-13H,4-5,10-11H2,1-3H3/q+1. The number of ether oxygens (including phenoxy) is 2. The van der Waals surface area contributed by atoms with E-state index in [2.05, 4.69) is 43.1 Å². The average molecular weight is 343 g/mol. The summed E-state index contributed by atoms with van der Waals surface area (Å²) >= 11 is 1.61. The fourth-order valence-corrected chi connectivity index (χ4v) is 2.98. The lowest BCUT2D eigenvalue weighted by Crippen LogP contribution is -1.99. The van der Waals surface area contributed by atoms with E-state index in [1.165, 1.54) is 5.56 Å². The van der Waals surface area contributed by atoms with Crippen LogP contribution in [0.3, 0.4) is 0 Å². The van der Waals surface area contributed by atoms with Crippen LogP contribution in [0.15, 0.2) is 46.2 Å². The zero-order chi connectivity index (χ0) is 17.4. The largest absolute Gasteiger partial charge is 0.492 e. The predicted molar refractivity (Wildman–Crippen MR) is 98.1 cm³/mol. The van der Waals surface area contributed by atoms with Gasteiger partial charge in [0.05, 0.1) is 24.2 Å². The van der Waals surface area contributed by atoms with Crippen molar-refractivity contribution in [3.63, 3.8) is 0 Å². The van der Waals surface area contributed by atoms with Crippen molar-refractivity contribution in [1.29, 1.82) is 5.39 Å². The Kier molecular flexibility index (Phi) is 6.95. The first-order valence-corrected chi connectivity index (χ1v) is 9.02. The molecule has 126 valence electrons. The molecule has 0 N–H and O–H groups in total. The number of hydrogen-bond donors (Lipinski definition) is 0. The highest BCUT2D eigenvalue weighted by Gasteiger charge is 2.21. The molecule has 0 radical (unpaired) electrons. The minimum absolute atomic E-state index is 0.391. The molecule has 2 aromatic carbocycles. The molecule has 5 heteroatoms. The van der Waals surface area contributed by atoms with Crippen molar-refractivity contribution in [2.75, 3.05) is 13.2 Å². The highest BCUT2D eigenvalue weighted by molar-refractivity contribution is 7.99. The van der Waals surface area contributed by atoms with Crippen LogP contribution in [0.4, 0.5) is 5.69 Å². The lowest BCUT2D eigenvalue weighted by molar-refractivity contribution is 0.303. The SMILES string of the molecule is CCCOc1cc(Sc2ccc(C)cc2)c(OCCC)cc1[N+]#N. The van der Waals surface area contributed by atoms with Crippen LogP contribution < -0.4 is 9.47 Å². The van der Waals surface area contributed by atoms with Gasteiger partial charge in [-0.25, -0.2) is 0 Å². The summed E-state index contributed by atoms with van der Waals surface area (Å²) in [6.45, 7) is 7.35. The molecule has 0 aromatic heterocycles. The van der Waals surface area contributed by atoms with Gasteiger partial charge in [0.1, 0.15) is 5.75 Å². The number of rotatable bonds is 8. The maximum Gasteiger partial charge on any atom is 0.430 e. The number of benzene rings is 2. The van der Waals surface area contributed by atoms with E-state index >= 15 is 0 Å². The molecule has 0 aliphatic heterocycles. The van der Waals surface area contributed by atoms with Crippen LogP contribution in [0.1, 0.15) is 32.3 Å². The molecular formula is C19H23N2O2S+. The van der Waals surface area contributed by atoms with Crippen LogP contribution in [0, 0.1) is 12.3 Å². The Labute approximate surface area is 147 Å². The fourth-order valence-electron chi connectivity index (χ4n) is 2.07. The van der Waals surface area contributed by atoms with E-state index in [1.807, 2.05) is 13.0 Å². The molecule has 24 heavy (non-hydrogen) atoms. The molecule has 4 nitrogen and oxygen atoms in total. The summed E-state index contributed by atoms with van der Waals surface area (Å²) in [5, 5.41) is 9.26. The summed E-state index contributed by atoms with van der Waals surface area (Å²) in [6, 6.07) is 12.0. The van der Waals surface area contributed by atoms with Crippen molar-refractivity contribution >= 4 is 17.4 Å². The van der Waals surface area contributed by atoms with Crippen LogP contribution >= 0.6 is 11.8 Å². The van der Waals surface area contributed by atoms with Gasteiger partial charge in [0.2, 0.25) is 11.1 Å². The Morgan fingerprint density at radius 3 is 2.17 bits per heavy atom. The van der Waals surface area contributed by atoms with Crippen LogP contribution in [-0.4, -0.2) is 13.2 Å². The smallest absolute Gasteiger partial charge is 0.430 e. The Morgan fingerprint density at radius 1 is 0.958 bits per heavy atom. The molecule has 0 spiro atoms. The fraction of sp³-hybridized carbons (Fsp3) is 0.368. The lowest BCUT2D eigenvalue weighted by atomic mass is 10.2. The van der Waals surface area contributed by atoms with Crippen molar-refractivity contribution in [3.05, 3.63) is 46.9 Å². The second kappa shape index (κ2) is 9.19.